The smallest absolute Gasteiger partial charge is 0.150 e. The molecule has 1 nitrogen and oxygen atoms in total. The summed E-state index contributed by atoms with van der Waals surface area (Å²) in [5.41, 5.74) is 4.03. The SMILES string of the molecule is Cc1ccc(-c2cc(C=O)ccc2F)cc1C. The van der Waals surface area contributed by atoms with Gasteiger partial charge in [0.05, 0.1) is 0 Å². The van der Waals surface area contributed by atoms with Crippen LogP contribution in [-0.4, -0.2) is 6.29 Å². The summed E-state index contributed by atoms with van der Waals surface area (Å²) in [5.74, 6) is -0.307. The topological polar surface area (TPSA) is 17.1 Å². The second-order valence-electron chi connectivity index (χ2n) is 4.16. The van der Waals surface area contributed by atoms with Gasteiger partial charge < -0.3 is 0 Å². The minimum Gasteiger partial charge on any atom is -0.298 e. The summed E-state index contributed by atoms with van der Waals surface area (Å²) in [7, 11) is 0. The normalized spacial score (nSPS) is 10.3. The largest absolute Gasteiger partial charge is 0.298 e. The minimum absolute atomic E-state index is 0.307. The zero-order valence-electron chi connectivity index (χ0n) is 9.83. The zero-order valence-corrected chi connectivity index (χ0v) is 9.83. The highest BCUT2D eigenvalue weighted by atomic mass is 19.1. The third-order valence-electron chi connectivity index (χ3n) is 2.94. The van der Waals surface area contributed by atoms with Crippen LogP contribution in [0.15, 0.2) is 36.4 Å². The summed E-state index contributed by atoms with van der Waals surface area (Å²) >= 11 is 0. The van der Waals surface area contributed by atoms with Gasteiger partial charge in [0.1, 0.15) is 12.1 Å². The number of aryl methyl sites for hydroxylation is 2. The van der Waals surface area contributed by atoms with E-state index in [4.69, 9.17) is 0 Å². The molecule has 0 aliphatic heterocycles. The molecule has 0 saturated carbocycles. The summed E-state index contributed by atoms with van der Waals surface area (Å²) in [6.45, 7) is 4.00. The average Bonchev–Trinajstić information content (AvgIpc) is 2.33. The molecule has 0 aliphatic carbocycles. The highest BCUT2D eigenvalue weighted by Crippen LogP contribution is 2.25. The van der Waals surface area contributed by atoms with E-state index in [1.165, 1.54) is 17.7 Å². The van der Waals surface area contributed by atoms with Crippen molar-refractivity contribution in [2.45, 2.75) is 13.8 Å². The quantitative estimate of drug-likeness (QED) is 0.712. The van der Waals surface area contributed by atoms with Crippen LogP contribution in [0.1, 0.15) is 21.5 Å². The lowest BCUT2D eigenvalue weighted by molar-refractivity contribution is 0.112. The van der Waals surface area contributed by atoms with Gasteiger partial charge in [-0.05, 0) is 48.7 Å². The summed E-state index contributed by atoms with van der Waals surface area (Å²) in [5, 5.41) is 0. The first kappa shape index (κ1) is 11.5. The Labute approximate surface area is 99.9 Å². The van der Waals surface area contributed by atoms with Crippen molar-refractivity contribution in [2.75, 3.05) is 0 Å². The maximum atomic E-state index is 13.7. The number of carbonyl (C=O) groups excluding carboxylic acids is 1. The van der Waals surface area contributed by atoms with Gasteiger partial charge in [0.25, 0.3) is 0 Å². The fourth-order valence-corrected chi connectivity index (χ4v) is 1.75. The van der Waals surface area contributed by atoms with Crippen LogP contribution in [0.3, 0.4) is 0 Å². The van der Waals surface area contributed by atoms with E-state index < -0.39 is 0 Å². The highest BCUT2D eigenvalue weighted by molar-refractivity contribution is 5.79. The Balaban J connectivity index is 2.58. The Morgan fingerprint density at radius 3 is 2.41 bits per heavy atom. The van der Waals surface area contributed by atoms with Crippen molar-refractivity contribution in [3.8, 4) is 11.1 Å². The van der Waals surface area contributed by atoms with Crippen LogP contribution in [0, 0.1) is 19.7 Å². The molecule has 2 aromatic rings. The molecule has 0 atom stereocenters. The van der Waals surface area contributed by atoms with Gasteiger partial charge in [-0.1, -0.05) is 18.2 Å². The Hall–Kier alpha value is -1.96. The molecule has 0 fully saturated rings. The predicted octanol–water partition coefficient (Wildman–Crippen LogP) is 3.92. The Morgan fingerprint density at radius 2 is 1.76 bits per heavy atom. The molecule has 0 heterocycles. The number of hydrogen-bond donors (Lipinski definition) is 0. The van der Waals surface area contributed by atoms with Gasteiger partial charge in [-0.3, -0.25) is 4.79 Å². The molecule has 17 heavy (non-hydrogen) atoms. The summed E-state index contributed by atoms with van der Waals surface area (Å²) in [6, 6.07) is 10.1. The van der Waals surface area contributed by atoms with Crippen molar-refractivity contribution in [3.05, 3.63) is 58.9 Å². The lowest BCUT2D eigenvalue weighted by Gasteiger charge is -2.07. The Morgan fingerprint density at radius 1 is 1.00 bits per heavy atom. The van der Waals surface area contributed by atoms with Gasteiger partial charge in [-0.25, -0.2) is 4.39 Å². The van der Waals surface area contributed by atoms with E-state index in [0.717, 1.165) is 17.4 Å². The monoisotopic (exact) mass is 228 g/mol. The second kappa shape index (κ2) is 4.50. The molecular formula is C15H13FO. The molecule has 0 N–H and O–H groups in total. The summed E-state index contributed by atoms with van der Waals surface area (Å²) < 4.78 is 13.7. The van der Waals surface area contributed by atoms with E-state index in [1.807, 2.05) is 32.0 Å². The van der Waals surface area contributed by atoms with Gasteiger partial charge in [-0.2, -0.15) is 0 Å². The Kier molecular flexibility index (Phi) is 3.05. The van der Waals surface area contributed by atoms with Crippen LogP contribution < -0.4 is 0 Å². The van der Waals surface area contributed by atoms with Crippen LogP contribution in [0.4, 0.5) is 4.39 Å². The van der Waals surface area contributed by atoms with Crippen molar-refractivity contribution in [2.24, 2.45) is 0 Å². The molecule has 86 valence electrons. The van der Waals surface area contributed by atoms with Crippen molar-refractivity contribution in [3.63, 3.8) is 0 Å². The van der Waals surface area contributed by atoms with E-state index >= 15 is 0 Å². The van der Waals surface area contributed by atoms with Crippen LogP contribution in [0.5, 0.6) is 0 Å². The van der Waals surface area contributed by atoms with Crippen molar-refractivity contribution in [1.82, 2.24) is 0 Å². The molecule has 0 bridgehead atoms. The first-order valence-electron chi connectivity index (χ1n) is 5.44. The number of benzene rings is 2. The fraction of sp³-hybridized carbons (Fsp3) is 0.133. The van der Waals surface area contributed by atoms with E-state index in [0.29, 0.717) is 11.1 Å². The van der Waals surface area contributed by atoms with Gasteiger partial charge in [0.2, 0.25) is 0 Å². The van der Waals surface area contributed by atoms with Crippen molar-refractivity contribution in [1.29, 1.82) is 0 Å². The molecule has 0 unspecified atom stereocenters. The third kappa shape index (κ3) is 2.26. The highest BCUT2D eigenvalue weighted by Gasteiger charge is 2.07. The van der Waals surface area contributed by atoms with Crippen LogP contribution in [-0.2, 0) is 0 Å². The summed E-state index contributed by atoms with van der Waals surface area (Å²) in [6.07, 6.45) is 0.726. The van der Waals surface area contributed by atoms with Gasteiger partial charge in [0.15, 0.2) is 0 Å². The number of halogens is 1. The second-order valence-corrected chi connectivity index (χ2v) is 4.16. The van der Waals surface area contributed by atoms with Gasteiger partial charge >= 0.3 is 0 Å². The molecule has 2 aromatic carbocycles. The molecule has 2 heteroatoms. The van der Waals surface area contributed by atoms with Gasteiger partial charge in [0, 0.05) is 11.1 Å². The zero-order chi connectivity index (χ0) is 12.4. The van der Waals surface area contributed by atoms with E-state index in [9.17, 15) is 9.18 Å². The van der Waals surface area contributed by atoms with E-state index in [2.05, 4.69) is 0 Å². The molecule has 0 saturated heterocycles. The maximum Gasteiger partial charge on any atom is 0.150 e. The Bertz CT molecular complexity index is 573. The third-order valence-corrected chi connectivity index (χ3v) is 2.94. The van der Waals surface area contributed by atoms with Crippen molar-refractivity contribution < 1.29 is 9.18 Å². The number of hydrogen-bond acceptors (Lipinski definition) is 1. The molecule has 2 rings (SSSR count). The van der Waals surface area contributed by atoms with E-state index in [1.54, 1.807) is 6.07 Å². The summed E-state index contributed by atoms with van der Waals surface area (Å²) in [4.78, 5) is 10.7. The molecule has 0 aliphatic rings. The molecule has 0 spiro atoms. The molecule has 0 radical (unpaired) electrons. The lowest BCUT2D eigenvalue weighted by atomic mass is 9.99. The molecular weight excluding hydrogens is 215 g/mol. The number of carbonyl (C=O) groups is 1. The van der Waals surface area contributed by atoms with Crippen LogP contribution in [0.25, 0.3) is 11.1 Å². The van der Waals surface area contributed by atoms with Crippen LogP contribution >= 0.6 is 0 Å². The standard InChI is InChI=1S/C15H13FO/c1-10-3-5-13(7-11(10)2)14-8-12(9-17)4-6-15(14)16/h3-9H,1-2H3. The first-order chi connectivity index (χ1) is 8.11. The average molecular weight is 228 g/mol. The van der Waals surface area contributed by atoms with Crippen molar-refractivity contribution >= 4 is 6.29 Å². The minimum atomic E-state index is -0.307. The van der Waals surface area contributed by atoms with E-state index in [-0.39, 0.29) is 5.82 Å². The fourth-order valence-electron chi connectivity index (χ4n) is 1.75. The number of aldehydes is 1. The predicted molar refractivity (Wildman–Crippen MR) is 66.7 cm³/mol. The first-order valence-corrected chi connectivity index (χ1v) is 5.44. The maximum absolute atomic E-state index is 13.7. The molecule has 0 aromatic heterocycles. The lowest BCUT2D eigenvalue weighted by Crippen LogP contribution is -1.89. The van der Waals surface area contributed by atoms with Gasteiger partial charge in [-0.15, -0.1) is 0 Å². The van der Waals surface area contributed by atoms with Crippen LogP contribution in [0.2, 0.25) is 0 Å². The number of rotatable bonds is 2. The molecule has 0 amide bonds.